The van der Waals surface area contributed by atoms with Crippen LogP contribution in [0.4, 0.5) is 27.6 Å². The Hall–Kier alpha value is -3.61. The van der Waals surface area contributed by atoms with Gasteiger partial charge in [0.05, 0.1) is 23.8 Å². The van der Waals surface area contributed by atoms with Crippen LogP contribution in [0.2, 0.25) is 0 Å². The molecule has 0 saturated heterocycles. The quantitative estimate of drug-likeness (QED) is 0.452. The second kappa shape index (κ2) is 11.2. The van der Waals surface area contributed by atoms with Crippen molar-refractivity contribution in [1.29, 1.82) is 0 Å². The van der Waals surface area contributed by atoms with E-state index < -0.39 is 23.8 Å². The number of carboxylic acid groups (broad SMARTS) is 1. The summed E-state index contributed by atoms with van der Waals surface area (Å²) in [6.07, 6.45) is 5.47. The molecular formula is C22H23F5N6O2. The van der Waals surface area contributed by atoms with Crippen LogP contribution in [0, 0.1) is 17.6 Å². The molecular weight excluding hydrogens is 475 g/mol. The number of nitrogens with two attached hydrogens (primary N) is 1. The van der Waals surface area contributed by atoms with Gasteiger partial charge in [0.1, 0.15) is 12.0 Å². The SMILES string of the molecule is NC1CCC(CNc2cncnc2-c2cnn(-c3c(F)cccc3F)c2)CC1.O=C(O)C(F)(F)F. The Morgan fingerprint density at radius 3 is 2.37 bits per heavy atom. The molecule has 35 heavy (non-hydrogen) atoms. The standard InChI is InChI=1S/C20H22F2N6.C2HF3O2/c21-16-2-1-3-17(22)20(16)28-11-14(9-27-28)19-18(10-24-12-26-19)25-8-13-4-6-15(23)7-5-13;3-2(4,5)1(6)7/h1-3,9-13,15,25H,4-8,23H2;(H,6,7). The number of alkyl halides is 3. The Bertz CT molecular complexity index is 1130. The molecule has 4 N–H and O–H groups in total. The third kappa shape index (κ3) is 6.94. The molecule has 188 valence electrons. The fourth-order valence-electron chi connectivity index (χ4n) is 3.61. The highest BCUT2D eigenvalue weighted by atomic mass is 19.4. The molecule has 0 aliphatic heterocycles. The zero-order valence-corrected chi connectivity index (χ0v) is 18.3. The summed E-state index contributed by atoms with van der Waals surface area (Å²) in [7, 11) is 0. The van der Waals surface area contributed by atoms with Crippen molar-refractivity contribution in [3.05, 3.63) is 54.8 Å². The molecule has 3 aromatic rings. The number of carboxylic acids is 1. The fourth-order valence-corrected chi connectivity index (χ4v) is 3.61. The smallest absolute Gasteiger partial charge is 0.475 e. The predicted octanol–water partition coefficient (Wildman–Crippen LogP) is 4.17. The number of aliphatic carboxylic acids is 1. The topological polar surface area (TPSA) is 119 Å². The highest BCUT2D eigenvalue weighted by Gasteiger charge is 2.38. The molecule has 0 atom stereocenters. The number of nitrogens with zero attached hydrogens (tertiary/aromatic N) is 4. The lowest BCUT2D eigenvalue weighted by Crippen LogP contribution is -2.29. The van der Waals surface area contributed by atoms with E-state index in [2.05, 4.69) is 20.4 Å². The Balaban J connectivity index is 0.000000429. The molecule has 0 spiro atoms. The monoisotopic (exact) mass is 498 g/mol. The summed E-state index contributed by atoms with van der Waals surface area (Å²) in [5, 5.41) is 14.7. The molecule has 1 aromatic carbocycles. The maximum absolute atomic E-state index is 14.0. The van der Waals surface area contributed by atoms with E-state index >= 15 is 0 Å². The second-order valence-corrected chi connectivity index (χ2v) is 7.99. The fraction of sp³-hybridized carbons (Fsp3) is 0.364. The van der Waals surface area contributed by atoms with Gasteiger partial charge in [-0.25, -0.2) is 28.2 Å². The summed E-state index contributed by atoms with van der Waals surface area (Å²) in [6, 6.07) is 4.04. The number of benzene rings is 1. The number of anilines is 1. The minimum absolute atomic E-state index is 0.212. The van der Waals surface area contributed by atoms with Crippen LogP contribution in [0.5, 0.6) is 0 Å². The van der Waals surface area contributed by atoms with Crippen LogP contribution >= 0.6 is 0 Å². The molecule has 0 amide bonds. The lowest BCUT2D eigenvalue weighted by Gasteiger charge is -2.26. The molecule has 0 radical (unpaired) electrons. The molecule has 0 unspecified atom stereocenters. The Kier molecular flexibility index (Phi) is 8.33. The Morgan fingerprint density at radius 1 is 1.14 bits per heavy atom. The number of halogens is 5. The first-order valence-corrected chi connectivity index (χ1v) is 10.6. The van der Waals surface area contributed by atoms with Gasteiger partial charge in [-0.1, -0.05) is 6.07 Å². The molecule has 1 aliphatic carbocycles. The van der Waals surface area contributed by atoms with E-state index in [1.54, 1.807) is 18.6 Å². The zero-order valence-electron chi connectivity index (χ0n) is 18.3. The van der Waals surface area contributed by atoms with Gasteiger partial charge in [0.15, 0.2) is 11.6 Å². The normalized spacial score (nSPS) is 17.9. The number of nitrogens with one attached hydrogen (secondary N) is 1. The maximum atomic E-state index is 14.0. The first-order valence-electron chi connectivity index (χ1n) is 10.6. The van der Waals surface area contributed by atoms with Crippen molar-refractivity contribution < 1.29 is 31.9 Å². The van der Waals surface area contributed by atoms with Crippen molar-refractivity contribution in [2.45, 2.75) is 37.9 Å². The van der Waals surface area contributed by atoms with E-state index in [0.717, 1.165) is 37.9 Å². The van der Waals surface area contributed by atoms with Crippen molar-refractivity contribution in [3.63, 3.8) is 0 Å². The molecule has 1 fully saturated rings. The van der Waals surface area contributed by atoms with Crippen LogP contribution in [0.15, 0.2) is 43.1 Å². The highest BCUT2D eigenvalue weighted by molar-refractivity contribution is 5.73. The highest BCUT2D eigenvalue weighted by Crippen LogP contribution is 2.28. The average molecular weight is 498 g/mol. The number of rotatable bonds is 5. The molecule has 8 nitrogen and oxygen atoms in total. The third-order valence-electron chi connectivity index (χ3n) is 5.45. The van der Waals surface area contributed by atoms with Gasteiger partial charge in [0.2, 0.25) is 0 Å². The van der Waals surface area contributed by atoms with E-state index in [1.165, 1.54) is 29.2 Å². The number of para-hydroxylation sites is 1. The van der Waals surface area contributed by atoms with Crippen LogP contribution in [0.1, 0.15) is 25.7 Å². The van der Waals surface area contributed by atoms with Crippen molar-refractivity contribution in [3.8, 4) is 16.9 Å². The number of hydrogen-bond acceptors (Lipinski definition) is 6. The van der Waals surface area contributed by atoms with Crippen molar-refractivity contribution in [2.24, 2.45) is 11.7 Å². The third-order valence-corrected chi connectivity index (χ3v) is 5.45. The lowest BCUT2D eigenvalue weighted by atomic mass is 9.86. The molecule has 4 rings (SSSR count). The van der Waals surface area contributed by atoms with Crippen LogP contribution in [0.3, 0.4) is 0 Å². The minimum Gasteiger partial charge on any atom is -0.475 e. The van der Waals surface area contributed by atoms with E-state index in [0.29, 0.717) is 23.2 Å². The van der Waals surface area contributed by atoms with E-state index in [9.17, 15) is 22.0 Å². The van der Waals surface area contributed by atoms with Gasteiger partial charge in [-0.15, -0.1) is 0 Å². The van der Waals surface area contributed by atoms with Gasteiger partial charge in [-0.3, -0.25) is 0 Å². The second-order valence-electron chi connectivity index (χ2n) is 7.99. The number of hydrogen-bond donors (Lipinski definition) is 3. The summed E-state index contributed by atoms with van der Waals surface area (Å²) in [5.41, 5.74) is 7.83. The number of aromatic nitrogens is 4. The predicted molar refractivity (Wildman–Crippen MR) is 117 cm³/mol. The molecule has 2 heterocycles. The van der Waals surface area contributed by atoms with Crippen molar-refractivity contribution in [1.82, 2.24) is 19.7 Å². The van der Waals surface area contributed by atoms with Gasteiger partial charge in [0.25, 0.3) is 0 Å². The van der Waals surface area contributed by atoms with Crippen LogP contribution in [-0.2, 0) is 4.79 Å². The largest absolute Gasteiger partial charge is 0.490 e. The Morgan fingerprint density at radius 2 is 1.77 bits per heavy atom. The summed E-state index contributed by atoms with van der Waals surface area (Å²) in [4.78, 5) is 17.3. The summed E-state index contributed by atoms with van der Waals surface area (Å²) >= 11 is 0. The van der Waals surface area contributed by atoms with Crippen molar-refractivity contribution >= 4 is 11.7 Å². The maximum Gasteiger partial charge on any atom is 0.490 e. The van der Waals surface area contributed by atoms with Crippen molar-refractivity contribution in [2.75, 3.05) is 11.9 Å². The van der Waals surface area contributed by atoms with E-state index in [-0.39, 0.29) is 5.69 Å². The summed E-state index contributed by atoms with van der Waals surface area (Å²) in [6.45, 7) is 0.809. The van der Waals surface area contributed by atoms with E-state index in [1.807, 2.05) is 0 Å². The number of carbonyl (C=O) groups is 1. The zero-order chi connectivity index (χ0) is 25.6. The first kappa shape index (κ1) is 26.0. The molecule has 1 aliphatic rings. The first-order chi connectivity index (χ1) is 16.6. The molecule has 2 aromatic heterocycles. The van der Waals surface area contributed by atoms with Gasteiger partial charge in [-0.2, -0.15) is 18.3 Å². The molecule has 0 bridgehead atoms. The summed E-state index contributed by atoms with van der Waals surface area (Å²) in [5.74, 6) is -3.55. The van der Waals surface area contributed by atoms with Crippen LogP contribution < -0.4 is 11.1 Å². The van der Waals surface area contributed by atoms with Crippen LogP contribution in [-0.4, -0.2) is 49.6 Å². The van der Waals surface area contributed by atoms with Crippen LogP contribution in [0.25, 0.3) is 16.9 Å². The van der Waals surface area contributed by atoms with Gasteiger partial charge in [-0.05, 0) is 43.7 Å². The Labute approximate surface area is 197 Å². The lowest BCUT2D eigenvalue weighted by molar-refractivity contribution is -0.192. The minimum atomic E-state index is -5.08. The average Bonchev–Trinajstić information content (AvgIpc) is 3.28. The van der Waals surface area contributed by atoms with E-state index in [4.69, 9.17) is 15.6 Å². The molecule has 1 saturated carbocycles. The van der Waals surface area contributed by atoms with Gasteiger partial charge >= 0.3 is 12.1 Å². The summed E-state index contributed by atoms with van der Waals surface area (Å²) < 4.78 is 61.0. The molecule has 13 heteroatoms. The van der Waals surface area contributed by atoms with Gasteiger partial charge in [0, 0.05) is 24.3 Å². The van der Waals surface area contributed by atoms with Gasteiger partial charge < -0.3 is 16.2 Å².